The topological polar surface area (TPSA) is 94.3 Å². The molecular formula is C28H24F3N3O3S. The van der Waals surface area contributed by atoms with Crippen LogP contribution in [0.25, 0.3) is 10.4 Å². The van der Waals surface area contributed by atoms with E-state index in [0.29, 0.717) is 34.8 Å². The second kappa shape index (κ2) is 11.9. The van der Waals surface area contributed by atoms with Crippen LogP contribution in [0.15, 0.2) is 66.7 Å². The van der Waals surface area contributed by atoms with E-state index in [9.17, 15) is 22.8 Å². The number of carbonyl (C=O) groups is 2. The maximum absolute atomic E-state index is 13.5. The fraction of sp³-hybridized carbons (Fsp3) is 0.179. The molecule has 1 amide bonds. The number of para-hydroxylation sites is 1. The fourth-order valence-corrected chi connectivity index (χ4v) is 4.86. The van der Waals surface area contributed by atoms with E-state index in [1.807, 2.05) is 6.92 Å². The third-order valence-corrected chi connectivity index (χ3v) is 6.67. The molecule has 1 aromatic heterocycles. The summed E-state index contributed by atoms with van der Waals surface area (Å²) in [6.07, 6.45) is 0.635. The first-order chi connectivity index (χ1) is 18.2. The van der Waals surface area contributed by atoms with Gasteiger partial charge in [0.25, 0.3) is 0 Å². The third kappa shape index (κ3) is 6.57. The van der Waals surface area contributed by atoms with Crippen LogP contribution >= 0.6 is 11.3 Å². The predicted molar refractivity (Wildman–Crippen MR) is 140 cm³/mol. The average Bonchev–Trinajstić information content (AvgIpc) is 3.25. The quantitative estimate of drug-likeness (QED) is 0.230. The molecule has 0 saturated heterocycles. The summed E-state index contributed by atoms with van der Waals surface area (Å²) in [7, 11) is 0. The number of rotatable bonds is 10. The molecule has 0 aliphatic rings. The van der Waals surface area contributed by atoms with E-state index in [2.05, 4.69) is 10.3 Å². The van der Waals surface area contributed by atoms with Gasteiger partial charge in [-0.05, 0) is 60.5 Å². The number of nitrogens with two attached hydrogens (primary N) is 1. The van der Waals surface area contributed by atoms with Gasteiger partial charge >= 0.3 is 0 Å². The zero-order valence-corrected chi connectivity index (χ0v) is 21.2. The van der Waals surface area contributed by atoms with Crippen molar-refractivity contribution in [1.29, 1.82) is 0 Å². The van der Waals surface area contributed by atoms with Crippen LogP contribution < -0.4 is 15.8 Å². The second-order valence-electron chi connectivity index (χ2n) is 8.51. The SMILES string of the molecule is CCC[C@H](NC(=O)Cc1cc(F)cc(F)c1)C(=O)c1nc(N)c(-c2ccccc2Oc2ccc(F)cc2)s1. The fourth-order valence-electron chi connectivity index (χ4n) is 3.85. The van der Waals surface area contributed by atoms with Crippen molar-refractivity contribution in [3.05, 3.63) is 94.8 Å². The molecule has 0 unspecified atom stereocenters. The lowest BCUT2D eigenvalue weighted by molar-refractivity contribution is -0.120. The van der Waals surface area contributed by atoms with Crippen molar-refractivity contribution in [3.63, 3.8) is 0 Å². The van der Waals surface area contributed by atoms with Crippen LogP contribution in [0.5, 0.6) is 11.5 Å². The first kappa shape index (κ1) is 26.9. The van der Waals surface area contributed by atoms with Crippen LogP contribution in [-0.4, -0.2) is 22.7 Å². The molecule has 6 nitrogen and oxygen atoms in total. The van der Waals surface area contributed by atoms with E-state index in [-0.39, 0.29) is 22.8 Å². The first-order valence-electron chi connectivity index (χ1n) is 11.8. The highest BCUT2D eigenvalue weighted by Crippen LogP contribution is 2.40. The average molecular weight is 540 g/mol. The molecule has 4 rings (SSSR count). The van der Waals surface area contributed by atoms with Gasteiger partial charge < -0.3 is 15.8 Å². The molecule has 0 saturated carbocycles. The largest absolute Gasteiger partial charge is 0.457 e. The Morgan fingerprint density at radius 1 is 1.00 bits per heavy atom. The standard InChI is InChI=1S/C28H24F3N3O3S/c1-2-5-22(33-24(35)14-16-12-18(30)15-19(31)13-16)25(36)28-34-27(32)26(38-28)21-6-3-4-7-23(21)37-20-10-8-17(29)9-11-20/h3-4,6-13,15,22H,2,5,14,32H2,1H3,(H,33,35)/t22-/m0/s1. The number of anilines is 1. The second-order valence-corrected chi connectivity index (χ2v) is 9.51. The van der Waals surface area contributed by atoms with Gasteiger partial charge in [-0.3, -0.25) is 9.59 Å². The summed E-state index contributed by atoms with van der Waals surface area (Å²) in [4.78, 5) is 30.7. The van der Waals surface area contributed by atoms with Gasteiger partial charge in [0.2, 0.25) is 11.7 Å². The van der Waals surface area contributed by atoms with E-state index in [0.717, 1.165) is 29.5 Å². The number of ether oxygens (including phenoxy) is 1. The minimum Gasteiger partial charge on any atom is -0.457 e. The van der Waals surface area contributed by atoms with Gasteiger partial charge in [0.15, 0.2) is 5.01 Å². The molecule has 0 spiro atoms. The van der Waals surface area contributed by atoms with Crippen LogP contribution in [-0.2, 0) is 11.2 Å². The number of nitrogen functional groups attached to an aromatic ring is 1. The molecule has 3 N–H and O–H groups in total. The number of hydrogen-bond donors (Lipinski definition) is 2. The van der Waals surface area contributed by atoms with Crippen molar-refractivity contribution in [2.24, 2.45) is 0 Å². The van der Waals surface area contributed by atoms with Crippen LogP contribution in [0.2, 0.25) is 0 Å². The number of nitrogens with zero attached hydrogens (tertiary/aromatic N) is 1. The Bertz CT molecular complexity index is 1440. The van der Waals surface area contributed by atoms with Crippen molar-refractivity contribution < 1.29 is 27.5 Å². The smallest absolute Gasteiger partial charge is 0.225 e. The van der Waals surface area contributed by atoms with E-state index in [4.69, 9.17) is 10.5 Å². The monoisotopic (exact) mass is 539 g/mol. The van der Waals surface area contributed by atoms with E-state index in [1.165, 1.54) is 24.3 Å². The highest BCUT2D eigenvalue weighted by molar-refractivity contribution is 7.17. The summed E-state index contributed by atoms with van der Waals surface area (Å²) in [6, 6.07) is 14.5. The highest BCUT2D eigenvalue weighted by Gasteiger charge is 2.26. The summed E-state index contributed by atoms with van der Waals surface area (Å²) in [5.41, 5.74) is 6.93. The highest BCUT2D eigenvalue weighted by atomic mass is 32.1. The molecule has 0 aliphatic carbocycles. The van der Waals surface area contributed by atoms with Gasteiger partial charge in [-0.15, -0.1) is 11.3 Å². The molecular weight excluding hydrogens is 515 g/mol. The maximum atomic E-state index is 13.5. The maximum Gasteiger partial charge on any atom is 0.225 e. The number of thiazole rings is 1. The van der Waals surface area contributed by atoms with Crippen molar-refractivity contribution in [3.8, 4) is 21.9 Å². The van der Waals surface area contributed by atoms with Crippen LogP contribution in [0, 0.1) is 17.5 Å². The Hall–Kier alpha value is -4.18. The molecule has 1 atom stereocenters. The molecule has 0 bridgehead atoms. The molecule has 38 heavy (non-hydrogen) atoms. The molecule has 0 radical (unpaired) electrons. The summed E-state index contributed by atoms with van der Waals surface area (Å²) in [6.45, 7) is 1.86. The number of ketones is 1. The molecule has 10 heteroatoms. The number of carbonyl (C=O) groups excluding carboxylic acids is 2. The number of aromatic nitrogens is 1. The van der Waals surface area contributed by atoms with E-state index >= 15 is 0 Å². The zero-order valence-electron chi connectivity index (χ0n) is 20.3. The molecule has 0 aliphatic heterocycles. The number of benzene rings is 3. The summed E-state index contributed by atoms with van der Waals surface area (Å²) < 4.78 is 46.2. The van der Waals surface area contributed by atoms with Gasteiger partial charge in [0.1, 0.15) is 34.8 Å². The van der Waals surface area contributed by atoms with Gasteiger partial charge in [0.05, 0.1) is 17.3 Å². The lowest BCUT2D eigenvalue weighted by Crippen LogP contribution is -2.41. The Kier molecular flexibility index (Phi) is 8.42. The van der Waals surface area contributed by atoms with Gasteiger partial charge in [-0.2, -0.15) is 0 Å². The molecule has 3 aromatic carbocycles. The number of halogens is 3. The Morgan fingerprint density at radius 3 is 2.37 bits per heavy atom. The minimum atomic E-state index is -0.894. The van der Waals surface area contributed by atoms with Crippen molar-refractivity contribution in [2.75, 3.05) is 5.73 Å². The van der Waals surface area contributed by atoms with Crippen molar-refractivity contribution >= 4 is 28.8 Å². The van der Waals surface area contributed by atoms with E-state index < -0.39 is 35.2 Å². The van der Waals surface area contributed by atoms with Gasteiger partial charge in [0, 0.05) is 11.6 Å². The van der Waals surface area contributed by atoms with Crippen LogP contribution in [0.4, 0.5) is 19.0 Å². The zero-order chi connectivity index (χ0) is 27.2. The number of nitrogens with one attached hydrogen (secondary N) is 1. The summed E-state index contributed by atoms with van der Waals surface area (Å²) in [5, 5.41) is 2.76. The van der Waals surface area contributed by atoms with Crippen molar-refractivity contribution in [2.45, 2.75) is 32.2 Å². The number of hydrogen-bond acceptors (Lipinski definition) is 6. The first-order valence-corrected chi connectivity index (χ1v) is 12.6. The number of Topliss-reactive ketones (excluding diaryl/α,β-unsaturated/α-hetero) is 1. The van der Waals surface area contributed by atoms with Crippen LogP contribution in [0.1, 0.15) is 35.1 Å². The molecule has 196 valence electrons. The van der Waals surface area contributed by atoms with Gasteiger partial charge in [-0.25, -0.2) is 18.2 Å². The normalized spacial score (nSPS) is 11.7. The Balaban J connectivity index is 1.54. The molecule has 1 heterocycles. The van der Waals surface area contributed by atoms with E-state index in [1.54, 1.807) is 24.3 Å². The lowest BCUT2D eigenvalue weighted by Gasteiger charge is -2.16. The summed E-state index contributed by atoms with van der Waals surface area (Å²) >= 11 is 1.06. The van der Waals surface area contributed by atoms with Crippen LogP contribution in [0.3, 0.4) is 0 Å². The Morgan fingerprint density at radius 2 is 1.68 bits per heavy atom. The minimum absolute atomic E-state index is 0.102. The molecule has 4 aromatic rings. The van der Waals surface area contributed by atoms with Crippen molar-refractivity contribution in [1.82, 2.24) is 10.3 Å². The summed E-state index contributed by atoms with van der Waals surface area (Å²) in [5.74, 6) is -1.97. The molecule has 0 fully saturated rings. The lowest BCUT2D eigenvalue weighted by atomic mass is 10.1. The third-order valence-electron chi connectivity index (χ3n) is 5.55. The van der Waals surface area contributed by atoms with Gasteiger partial charge in [-0.1, -0.05) is 25.5 Å². The predicted octanol–water partition coefficient (Wildman–Crippen LogP) is 6.31. The Labute approximate surface area is 221 Å². The number of amides is 1.